The Balaban J connectivity index is 5.65. The fraction of sp³-hybridized carbons (Fsp3) is 0.909. The molecule has 0 aliphatic heterocycles. The second kappa shape index (κ2) is 19.6. The van der Waals surface area contributed by atoms with Crippen molar-refractivity contribution in [3.05, 3.63) is 12.3 Å². The fourth-order valence-corrected chi connectivity index (χ4v) is 7.91. The zero-order valence-electron chi connectivity index (χ0n) is 20.3. The maximum Gasteiger partial charge on any atom is 0.672 e. The molecule has 0 spiro atoms. The van der Waals surface area contributed by atoms with Gasteiger partial charge < -0.3 is 26.2 Å². The molecule has 0 aromatic heterocycles. The van der Waals surface area contributed by atoms with Crippen molar-refractivity contribution in [2.45, 2.75) is 98.8 Å². The van der Waals surface area contributed by atoms with Crippen LogP contribution in [0.2, 0.25) is 0 Å². The molecule has 0 bridgehead atoms. The van der Waals surface area contributed by atoms with Crippen LogP contribution in [0.1, 0.15) is 98.8 Å². The molecule has 0 radical (unpaired) electrons. The van der Waals surface area contributed by atoms with Crippen LogP contribution in [0, 0.1) is 0 Å². The molecule has 0 N–H and O–H groups in total. The molecule has 0 amide bonds. The summed E-state index contributed by atoms with van der Waals surface area (Å²) in [6.07, 6.45) is 9.77. The van der Waals surface area contributed by atoms with Crippen LogP contribution < -0.4 is 0 Å². The van der Waals surface area contributed by atoms with Gasteiger partial charge in [0.1, 0.15) is 0 Å². The molecule has 0 saturated carbocycles. The zero-order chi connectivity index (χ0) is 22.6. The first-order valence-electron chi connectivity index (χ1n) is 12.1. The summed E-state index contributed by atoms with van der Waals surface area (Å²) in [5.41, 5.74) is 1.70. The lowest BCUT2D eigenvalue weighted by atomic mass is 10.4. The second-order valence-corrected chi connectivity index (χ2v) is 12.3. The molecular weight excluding hydrogens is 416 g/mol. The van der Waals surface area contributed by atoms with Gasteiger partial charge in [-0.2, -0.15) is 0 Å². The predicted molar refractivity (Wildman–Crippen MR) is 127 cm³/mol. The Morgan fingerprint density at radius 3 is 1.10 bits per heavy atom. The van der Waals surface area contributed by atoms with E-state index in [-0.39, 0.29) is 0 Å². The van der Waals surface area contributed by atoms with Gasteiger partial charge in [-0.1, -0.05) is 73.3 Å². The summed E-state index contributed by atoms with van der Waals surface area (Å²) in [4.78, 5) is 0. The largest absolute Gasteiger partial charge is 0.672 e. The van der Waals surface area contributed by atoms with Crippen LogP contribution >= 0.6 is 0 Å². The summed E-state index contributed by atoms with van der Waals surface area (Å²) in [5.74, 6) is 0. The lowest BCUT2D eigenvalue weighted by Crippen LogP contribution is -2.60. The van der Waals surface area contributed by atoms with Gasteiger partial charge >= 0.3 is 17.9 Å². The third-order valence-corrected chi connectivity index (χ3v) is 9.97. The van der Waals surface area contributed by atoms with E-state index >= 15 is 0 Å². The van der Waals surface area contributed by atoms with Gasteiger partial charge in [0.05, 0.1) is 0 Å². The van der Waals surface area contributed by atoms with Crippen LogP contribution in [0.15, 0.2) is 12.3 Å². The minimum atomic E-state index is -3.44. The van der Waals surface area contributed by atoms with Crippen molar-refractivity contribution in [3.8, 4) is 0 Å². The van der Waals surface area contributed by atoms with Gasteiger partial charge in [0.15, 0.2) is 0 Å². The first-order chi connectivity index (χ1) is 14.6. The molecule has 6 nitrogen and oxygen atoms in total. The Labute approximate surface area is 188 Å². The Hall–Kier alpha value is -0.0662. The Bertz CT molecular complexity index is 361. The van der Waals surface area contributed by atoms with Crippen LogP contribution in [0.5, 0.6) is 0 Å². The summed E-state index contributed by atoms with van der Waals surface area (Å²) in [5, 5.41) is 0. The van der Waals surface area contributed by atoms with E-state index in [1.165, 1.54) is 0 Å². The van der Waals surface area contributed by atoms with Crippen LogP contribution in [0.4, 0.5) is 0 Å². The number of rotatable bonds is 23. The molecular formula is C22H48O6Si2. The maximum atomic E-state index is 6.56. The van der Waals surface area contributed by atoms with Gasteiger partial charge in [-0.15, -0.1) is 0 Å². The third-order valence-electron chi connectivity index (χ3n) is 4.45. The summed E-state index contributed by atoms with van der Waals surface area (Å²) in [7, 11) is -6.65. The average Bonchev–Trinajstić information content (AvgIpc) is 2.74. The average molecular weight is 465 g/mol. The molecule has 8 heteroatoms. The molecule has 0 fully saturated rings. The van der Waals surface area contributed by atoms with Crippen LogP contribution in [-0.4, -0.2) is 50.9 Å². The van der Waals surface area contributed by atoms with Gasteiger partial charge in [0, 0.05) is 33.0 Å². The van der Waals surface area contributed by atoms with Crippen LogP contribution in [0.25, 0.3) is 0 Å². The van der Waals surface area contributed by atoms with Crippen molar-refractivity contribution < 1.29 is 26.2 Å². The highest BCUT2D eigenvalue weighted by atomic mass is 28.5. The van der Waals surface area contributed by atoms with Crippen molar-refractivity contribution >= 4 is 17.9 Å². The first kappa shape index (κ1) is 29.9. The van der Waals surface area contributed by atoms with Gasteiger partial charge in [-0.3, -0.25) is 0 Å². The predicted octanol–water partition coefficient (Wildman–Crippen LogP) is 6.19. The van der Waals surface area contributed by atoms with Crippen molar-refractivity contribution in [2.75, 3.05) is 33.0 Å². The molecule has 0 heterocycles. The first-order valence-corrected chi connectivity index (χ1v) is 15.5. The summed E-state index contributed by atoms with van der Waals surface area (Å²) < 4.78 is 37.7. The number of hydrogen-bond acceptors (Lipinski definition) is 6. The van der Waals surface area contributed by atoms with Crippen molar-refractivity contribution in [1.29, 1.82) is 0 Å². The number of unbranched alkanes of at least 4 members (excludes halogenated alkanes) is 5. The maximum absolute atomic E-state index is 6.56. The Morgan fingerprint density at radius 2 is 0.833 bits per heavy atom. The van der Waals surface area contributed by atoms with Crippen molar-refractivity contribution in [3.63, 3.8) is 0 Å². The third kappa shape index (κ3) is 13.4. The van der Waals surface area contributed by atoms with E-state index in [2.05, 4.69) is 41.2 Å². The summed E-state index contributed by atoms with van der Waals surface area (Å²) >= 11 is 0. The van der Waals surface area contributed by atoms with E-state index in [1.54, 1.807) is 5.70 Å². The molecule has 0 saturated heterocycles. The van der Waals surface area contributed by atoms with E-state index in [0.29, 0.717) is 33.0 Å². The molecule has 0 aliphatic rings. The number of hydrogen-bond donors (Lipinski definition) is 0. The van der Waals surface area contributed by atoms with Crippen molar-refractivity contribution in [2.24, 2.45) is 0 Å². The van der Waals surface area contributed by atoms with Crippen LogP contribution in [-0.2, 0) is 26.2 Å². The van der Waals surface area contributed by atoms with Gasteiger partial charge in [0.2, 0.25) is 0 Å². The van der Waals surface area contributed by atoms with E-state index in [1.807, 2.05) is 0 Å². The lowest BCUT2D eigenvalue weighted by molar-refractivity contribution is -0.0287. The van der Waals surface area contributed by atoms with E-state index < -0.39 is 17.9 Å². The molecule has 0 rings (SSSR count). The van der Waals surface area contributed by atoms with E-state index in [4.69, 9.17) is 26.2 Å². The normalized spacial score (nSPS) is 12.4. The van der Waals surface area contributed by atoms with E-state index in [9.17, 15) is 0 Å². The molecule has 0 aromatic rings. The van der Waals surface area contributed by atoms with Gasteiger partial charge in [0.25, 0.3) is 0 Å². The molecule has 180 valence electrons. The summed E-state index contributed by atoms with van der Waals surface area (Å²) in [6.45, 7) is 17.4. The topological polar surface area (TPSA) is 55.4 Å². The Kier molecular flexibility index (Phi) is 19.6. The van der Waals surface area contributed by atoms with Gasteiger partial charge in [-0.05, 0) is 37.8 Å². The van der Waals surface area contributed by atoms with E-state index in [0.717, 1.165) is 64.2 Å². The van der Waals surface area contributed by atoms with Gasteiger partial charge in [-0.25, -0.2) is 0 Å². The fourth-order valence-electron chi connectivity index (χ4n) is 2.39. The lowest BCUT2D eigenvalue weighted by Gasteiger charge is -2.35. The highest BCUT2D eigenvalue weighted by molar-refractivity contribution is 6.75. The molecule has 0 atom stereocenters. The molecule has 30 heavy (non-hydrogen) atoms. The zero-order valence-corrected chi connectivity index (χ0v) is 22.3. The monoisotopic (exact) mass is 464 g/mol. The van der Waals surface area contributed by atoms with Crippen LogP contribution in [0.3, 0.4) is 0 Å². The molecule has 0 unspecified atom stereocenters. The standard InChI is InChI=1S/C22H48O6Si2/c1-7-13-18-23-29(12-6,24-19-14-8-2)28-30(25-20-15-9-3,26-21-16-10-4)27-22-17-11-5/h12H,6-11,13-22H2,1-5H3. The SMILES string of the molecule is C=C[Si](OCCCC)(OCCCC)O[Si](OCCCC)(OCCCC)OCCCC. The second-order valence-electron chi connectivity index (χ2n) is 7.42. The minimum Gasteiger partial charge on any atom is -0.371 e. The highest BCUT2D eigenvalue weighted by Crippen LogP contribution is 2.24. The summed E-state index contributed by atoms with van der Waals surface area (Å²) in [6, 6.07) is 0. The van der Waals surface area contributed by atoms with Crippen molar-refractivity contribution in [1.82, 2.24) is 0 Å². The molecule has 0 aromatic carbocycles. The molecule has 0 aliphatic carbocycles. The minimum absolute atomic E-state index is 0.534. The smallest absolute Gasteiger partial charge is 0.371 e. The quantitative estimate of drug-likeness (QED) is 0.133. The highest BCUT2D eigenvalue weighted by Gasteiger charge is 2.55. The Morgan fingerprint density at radius 1 is 0.533 bits per heavy atom.